The zero-order valence-electron chi connectivity index (χ0n) is 16.4. The van der Waals surface area contributed by atoms with Gasteiger partial charge < -0.3 is 9.88 Å². The van der Waals surface area contributed by atoms with E-state index in [0.29, 0.717) is 18.9 Å². The van der Waals surface area contributed by atoms with Crippen molar-refractivity contribution >= 4 is 22.3 Å². The number of nitrogens with zero attached hydrogens (tertiary/aromatic N) is 2. The number of benzene rings is 1. The second-order valence-electron chi connectivity index (χ2n) is 7.48. The van der Waals surface area contributed by atoms with Crippen molar-refractivity contribution < 1.29 is 13.2 Å². The Labute approximate surface area is 167 Å². The van der Waals surface area contributed by atoms with E-state index in [4.69, 9.17) is 0 Å². The zero-order valence-corrected chi connectivity index (χ0v) is 16.4. The number of hydrogen-bond acceptors (Lipinski definition) is 2. The van der Waals surface area contributed by atoms with Crippen LogP contribution in [0.5, 0.6) is 0 Å². The minimum Gasteiger partial charge on any atom is -0.361 e. The third kappa shape index (κ3) is 3.55. The largest absolute Gasteiger partial charge is 0.417 e. The average Bonchev–Trinajstić information content (AvgIpc) is 3.18. The Morgan fingerprint density at radius 1 is 1.17 bits per heavy atom. The summed E-state index contributed by atoms with van der Waals surface area (Å²) in [5.74, 6) is 0.548. The van der Waals surface area contributed by atoms with E-state index < -0.39 is 11.7 Å². The zero-order chi connectivity index (χ0) is 20.8. The number of alkyl halides is 3. The highest BCUT2D eigenvalue weighted by Crippen LogP contribution is 2.35. The molecule has 1 N–H and O–H groups in total. The van der Waals surface area contributed by atoms with Crippen LogP contribution in [0.1, 0.15) is 30.0 Å². The van der Waals surface area contributed by atoms with Gasteiger partial charge in [-0.3, -0.25) is 0 Å². The Bertz CT molecular complexity index is 1100. The van der Waals surface area contributed by atoms with Crippen molar-refractivity contribution in [2.45, 2.75) is 26.4 Å². The Morgan fingerprint density at radius 3 is 2.66 bits per heavy atom. The van der Waals surface area contributed by atoms with Crippen molar-refractivity contribution in [3.63, 3.8) is 0 Å². The van der Waals surface area contributed by atoms with Gasteiger partial charge in [0.05, 0.1) is 5.56 Å². The van der Waals surface area contributed by atoms with Crippen LogP contribution in [0.25, 0.3) is 16.5 Å². The molecule has 1 fully saturated rings. The van der Waals surface area contributed by atoms with Gasteiger partial charge in [0, 0.05) is 36.4 Å². The van der Waals surface area contributed by atoms with Gasteiger partial charge in [0.2, 0.25) is 0 Å². The molecule has 1 aromatic carbocycles. The summed E-state index contributed by atoms with van der Waals surface area (Å²) in [4.78, 5) is 9.36. The molecule has 1 saturated heterocycles. The first-order valence-electron chi connectivity index (χ1n) is 9.49. The molecule has 0 bridgehead atoms. The predicted octanol–water partition coefficient (Wildman–Crippen LogP) is 6.13. The molecule has 3 heterocycles. The minimum absolute atomic E-state index is 0.548. The molecular formula is C23H22F3N3. The molecule has 0 saturated carbocycles. The molecule has 3 aromatic rings. The highest BCUT2D eigenvalue weighted by Gasteiger charge is 2.31. The summed E-state index contributed by atoms with van der Waals surface area (Å²) in [6.45, 7) is 9.65. The number of aryl methyl sites for hydroxylation is 1. The maximum atomic E-state index is 12.8. The molecule has 0 aliphatic carbocycles. The van der Waals surface area contributed by atoms with E-state index in [2.05, 4.69) is 48.6 Å². The number of aromatic amines is 1. The highest BCUT2D eigenvalue weighted by atomic mass is 19.4. The van der Waals surface area contributed by atoms with Crippen LogP contribution in [-0.4, -0.2) is 23.1 Å². The molecule has 0 radical (unpaired) electrons. The molecule has 2 aromatic heterocycles. The summed E-state index contributed by atoms with van der Waals surface area (Å²) in [6, 6.07) is 8.82. The fraction of sp³-hybridized carbons (Fsp3) is 0.261. The van der Waals surface area contributed by atoms with Crippen molar-refractivity contribution in [3.05, 3.63) is 77.1 Å². The van der Waals surface area contributed by atoms with Gasteiger partial charge in [0.25, 0.3) is 0 Å². The maximum absolute atomic E-state index is 12.8. The van der Waals surface area contributed by atoms with Crippen LogP contribution in [0.4, 0.5) is 19.0 Å². The van der Waals surface area contributed by atoms with E-state index >= 15 is 0 Å². The lowest BCUT2D eigenvalue weighted by molar-refractivity contribution is -0.137. The van der Waals surface area contributed by atoms with Gasteiger partial charge in [0.15, 0.2) is 0 Å². The van der Waals surface area contributed by atoms with Gasteiger partial charge in [0.1, 0.15) is 5.82 Å². The molecule has 1 aliphatic heterocycles. The topological polar surface area (TPSA) is 31.9 Å². The van der Waals surface area contributed by atoms with Gasteiger partial charge in [-0.2, -0.15) is 13.2 Å². The fourth-order valence-corrected chi connectivity index (χ4v) is 3.91. The van der Waals surface area contributed by atoms with Crippen LogP contribution >= 0.6 is 0 Å². The molecule has 0 spiro atoms. The molecule has 3 nitrogen and oxygen atoms in total. The number of nitrogens with one attached hydrogen (secondary N) is 1. The predicted molar refractivity (Wildman–Crippen MR) is 111 cm³/mol. The number of fused-ring (bicyclic) bond motifs is 1. The number of pyridine rings is 1. The van der Waals surface area contributed by atoms with Crippen LogP contribution < -0.4 is 4.90 Å². The van der Waals surface area contributed by atoms with E-state index in [1.165, 1.54) is 11.6 Å². The smallest absolute Gasteiger partial charge is 0.361 e. The molecule has 0 atom stereocenters. The van der Waals surface area contributed by atoms with Gasteiger partial charge in [-0.25, -0.2) is 4.98 Å². The summed E-state index contributed by atoms with van der Waals surface area (Å²) in [6.07, 6.45) is -0.792. The second-order valence-corrected chi connectivity index (χ2v) is 7.48. The van der Waals surface area contributed by atoms with Crippen LogP contribution in [-0.2, 0) is 6.18 Å². The lowest BCUT2D eigenvalue weighted by atomic mass is 9.90. The Hall–Kier alpha value is -3.02. The van der Waals surface area contributed by atoms with Crippen LogP contribution in [0.15, 0.2) is 60.5 Å². The number of anilines is 1. The second kappa shape index (κ2) is 7.10. The number of piperidine rings is 1. The van der Waals surface area contributed by atoms with E-state index in [1.54, 1.807) is 0 Å². The van der Waals surface area contributed by atoms with Crippen LogP contribution in [0, 0.1) is 6.92 Å². The molecule has 6 heteroatoms. The van der Waals surface area contributed by atoms with Crippen molar-refractivity contribution in [1.29, 1.82) is 0 Å². The third-order valence-corrected chi connectivity index (χ3v) is 5.65. The van der Waals surface area contributed by atoms with Crippen molar-refractivity contribution in [2.24, 2.45) is 0 Å². The number of allylic oxidation sites excluding steroid dienone is 1. The van der Waals surface area contributed by atoms with E-state index in [1.807, 2.05) is 11.1 Å². The summed E-state index contributed by atoms with van der Waals surface area (Å²) in [5, 5.41) is 1.16. The number of halogens is 3. The van der Waals surface area contributed by atoms with Crippen molar-refractivity contribution in [2.75, 3.05) is 18.0 Å². The summed E-state index contributed by atoms with van der Waals surface area (Å²) in [5.41, 5.74) is 6.03. The van der Waals surface area contributed by atoms with Gasteiger partial charge in [-0.05, 0) is 66.3 Å². The molecule has 0 amide bonds. The normalized spacial score (nSPS) is 17.1. The summed E-state index contributed by atoms with van der Waals surface area (Å²) in [7, 11) is 0. The van der Waals surface area contributed by atoms with E-state index in [0.717, 1.165) is 51.9 Å². The summed E-state index contributed by atoms with van der Waals surface area (Å²) >= 11 is 0. The summed E-state index contributed by atoms with van der Waals surface area (Å²) < 4.78 is 38.5. The van der Waals surface area contributed by atoms with Gasteiger partial charge in [-0.15, -0.1) is 0 Å². The first kappa shape index (κ1) is 19.3. The maximum Gasteiger partial charge on any atom is 0.417 e. The lowest BCUT2D eigenvalue weighted by Gasteiger charge is -2.32. The number of aromatic nitrogens is 2. The third-order valence-electron chi connectivity index (χ3n) is 5.65. The first-order chi connectivity index (χ1) is 13.8. The lowest BCUT2D eigenvalue weighted by Crippen LogP contribution is -2.33. The molecule has 4 rings (SSSR count). The monoisotopic (exact) mass is 397 g/mol. The molecular weight excluding hydrogens is 375 g/mol. The number of rotatable bonds is 2. The Kier molecular flexibility index (Phi) is 4.73. The molecule has 1 aliphatic rings. The Balaban J connectivity index is 1.69. The molecule has 150 valence electrons. The number of H-pyrrole nitrogens is 1. The first-order valence-corrected chi connectivity index (χ1v) is 9.49. The van der Waals surface area contributed by atoms with Crippen LogP contribution in [0.3, 0.4) is 0 Å². The van der Waals surface area contributed by atoms with E-state index in [9.17, 15) is 13.2 Å². The average molecular weight is 397 g/mol. The molecule has 0 unspecified atom stereocenters. The minimum atomic E-state index is -4.38. The van der Waals surface area contributed by atoms with Crippen LogP contribution in [0.2, 0.25) is 0 Å². The quantitative estimate of drug-likeness (QED) is 0.564. The van der Waals surface area contributed by atoms with E-state index in [-0.39, 0.29) is 0 Å². The highest BCUT2D eigenvalue weighted by molar-refractivity contribution is 5.95. The Morgan fingerprint density at radius 2 is 1.97 bits per heavy atom. The SMILES string of the molecule is C=C1CCN(c2ccc(C(F)(F)F)cn2)C/C1=C(/C)c1ccc(C)c2[nH]ccc12. The fourth-order valence-electron chi connectivity index (χ4n) is 3.91. The van der Waals surface area contributed by atoms with Gasteiger partial charge >= 0.3 is 6.18 Å². The van der Waals surface area contributed by atoms with Crippen molar-refractivity contribution in [3.8, 4) is 0 Å². The van der Waals surface area contributed by atoms with Crippen molar-refractivity contribution in [1.82, 2.24) is 9.97 Å². The standard InChI is InChI=1S/C23H22F3N3/c1-14-9-11-29(21-7-5-17(12-28-21)23(24,25)26)13-20(14)16(3)18-6-4-15(2)22-19(18)8-10-27-22/h4-8,10,12,27H,1,9,11,13H2,2-3H3/b20-16+. The molecule has 29 heavy (non-hydrogen) atoms. The van der Waals surface area contributed by atoms with Gasteiger partial charge in [-0.1, -0.05) is 18.7 Å². The number of hydrogen-bond donors (Lipinski definition) is 1.